The quantitative estimate of drug-likeness (QED) is 0.706. The largest absolute Gasteiger partial charge is 0.337 e. The normalized spacial score (nSPS) is 15.4. The van der Waals surface area contributed by atoms with Gasteiger partial charge in [0.25, 0.3) is 0 Å². The molecule has 1 heterocycles. The van der Waals surface area contributed by atoms with Crippen molar-refractivity contribution in [3.05, 3.63) is 40.6 Å². The van der Waals surface area contributed by atoms with Crippen molar-refractivity contribution < 1.29 is 4.39 Å². The number of thioether (sulfide) groups is 1. The van der Waals surface area contributed by atoms with Gasteiger partial charge in [0, 0.05) is 11.9 Å². The van der Waals surface area contributed by atoms with Gasteiger partial charge in [-0.25, -0.2) is 4.39 Å². The summed E-state index contributed by atoms with van der Waals surface area (Å²) in [7, 11) is 0. The summed E-state index contributed by atoms with van der Waals surface area (Å²) < 4.78 is 12.8. The summed E-state index contributed by atoms with van der Waals surface area (Å²) in [6.07, 6.45) is 1.95. The summed E-state index contributed by atoms with van der Waals surface area (Å²) in [5.41, 5.74) is 0.924. The molecule has 0 spiro atoms. The van der Waals surface area contributed by atoms with E-state index >= 15 is 0 Å². The van der Waals surface area contributed by atoms with Crippen molar-refractivity contribution in [3.8, 4) is 0 Å². The third-order valence-corrected chi connectivity index (χ3v) is 2.82. The molecule has 0 bridgehead atoms. The van der Waals surface area contributed by atoms with E-state index in [1.165, 1.54) is 6.07 Å². The van der Waals surface area contributed by atoms with E-state index in [0.29, 0.717) is 0 Å². The monoisotopic (exact) mass is 215 g/mol. The summed E-state index contributed by atoms with van der Waals surface area (Å²) in [5, 5.41) is 2.17. The van der Waals surface area contributed by atoms with Crippen LogP contribution in [0, 0.1) is 5.82 Å². The number of halogens is 2. The third kappa shape index (κ3) is 1.81. The molecular weight excluding hydrogens is 209 g/mol. The Bertz CT molecular complexity index is 353. The molecule has 1 aliphatic heterocycles. The zero-order valence-electron chi connectivity index (χ0n) is 6.71. The Morgan fingerprint density at radius 3 is 2.92 bits per heavy atom. The van der Waals surface area contributed by atoms with Crippen LogP contribution in [0.3, 0.4) is 0 Å². The molecule has 68 valence electrons. The van der Waals surface area contributed by atoms with Crippen molar-refractivity contribution in [2.45, 2.75) is 0 Å². The maximum absolute atomic E-state index is 12.8. The SMILES string of the molecule is Fc1ccc(N2C=CSC2)cc1Cl. The maximum atomic E-state index is 12.8. The van der Waals surface area contributed by atoms with Gasteiger partial charge in [0.2, 0.25) is 0 Å². The molecule has 0 saturated heterocycles. The Labute approximate surface area is 85.2 Å². The molecule has 13 heavy (non-hydrogen) atoms. The summed E-state index contributed by atoms with van der Waals surface area (Å²) in [6, 6.07) is 4.74. The van der Waals surface area contributed by atoms with Crippen LogP contribution in [0.25, 0.3) is 0 Å². The number of hydrogen-bond acceptors (Lipinski definition) is 2. The van der Waals surface area contributed by atoms with Crippen molar-refractivity contribution in [1.82, 2.24) is 0 Å². The second kappa shape index (κ2) is 3.60. The van der Waals surface area contributed by atoms with Gasteiger partial charge in [-0.15, -0.1) is 11.8 Å². The van der Waals surface area contributed by atoms with E-state index in [1.54, 1.807) is 23.9 Å². The highest BCUT2D eigenvalue weighted by Gasteiger charge is 2.09. The minimum Gasteiger partial charge on any atom is -0.337 e. The fourth-order valence-corrected chi connectivity index (χ4v) is 2.00. The van der Waals surface area contributed by atoms with Crippen LogP contribution in [0.5, 0.6) is 0 Å². The average molecular weight is 216 g/mol. The molecule has 0 saturated carbocycles. The van der Waals surface area contributed by atoms with Crippen molar-refractivity contribution in [2.75, 3.05) is 10.8 Å². The Kier molecular flexibility index (Phi) is 2.47. The van der Waals surface area contributed by atoms with Crippen LogP contribution in [-0.2, 0) is 0 Å². The lowest BCUT2D eigenvalue weighted by molar-refractivity contribution is 0.628. The van der Waals surface area contributed by atoms with Gasteiger partial charge < -0.3 is 4.90 Å². The Hall–Kier alpha value is -0.670. The first-order valence-electron chi connectivity index (χ1n) is 3.77. The number of benzene rings is 1. The fourth-order valence-electron chi connectivity index (χ4n) is 1.11. The topological polar surface area (TPSA) is 3.24 Å². The highest BCUT2D eigenvalue weighted by atomic mass is 35.5. The van der Waals surface area contributed by atoms with E-state index in [4.69, 9.17) is 11.6 Å². The molecule has 1 nitrogen and oxygen atoms in total. The van der Waals surface area contributed by atoms with Crippen LogP contribution in [0.1, 0.15) is 0 Å². The van der Waals surface area contributed by atoms with Gasteiger partial charge in [-0.3, -0.25) is 0 Å². The molecule has 4 heteroatoms. The van der Waals surface area contributed by atoms with Crippen molar-refractivity contribution >= 4 is 29.1 Å². The lowest BCUT2D eigenvalue weighted by Crippen LogP contribution is -2.10. The first-order chi connectivity index (χ1) is 6.27. The van der Waals surface area contributed by atoms with Crippen LogP contribution >= 0.6 is 23.4 Å². The molecule has 1 aromatic carbocycles. The zero-order chi connectivity index (χ0) is 9.26. The van der Waals surface area contributed by atoms with E-state index in [2.05, 4.69) is 0 Å². The van der Waals surface area contributed by atoms with Crippen LogP contribution < -0.4 is 4.90 Å². The number of hydrogen-bond donors (Lipinski definition) is 0. The summed E-state index contributed by atoms with van der Waals surface area (Å²) in [5.74, 6) is 0.489. The lowest BCUT2D eigenvalue weighted by Gasteiger charge is -2.14. The number of rotatable bonds is 1. The zero-order valence-corrected chi connectivity index (χ0v) is 8.28. The van der Waals surface area contributed by atoms with E-state index in [9.17, 15) is 4.39 Å². The van der Waals surface area contributed by atoms with Gasteiger partial charge in [0.15, 0.2) is 0 Å². The Morgan fingerprint density at radius 2 is 2.31 bits per heavy atom. The first-order valence-corrected chi connectivity index (χ1v) is 5.20. The van der Waals surface area contributed by atoms with Crippen molar-refractivity contribution in [2.24, 2.45) is 0 Å². The van der Waals surface area contributed by atoms with Crippen molar-refractivity contribution in [3.63, 3.8) is 0 Å². The number of nitrogens with zero attached hydrogens (tertiary/aromatic N) is 1. The molecule has 0 aromatic heterocycles. The molecule has 0 atom stereocenters. The second-order valence-corrected chi connectivity index (χ2v) is 3.92. The maximum Gasteiger partial charge on any atom is 0.141 e. The predicted octanol–water partition coefficient (Wildman–Crippen LogP) is 3.46. The Morgan fingerprint density at radius 1 is 1.46 bits per heavy atom. The van der Waals surface area contributed by atoms with Crippen LogP contribution in [0.4, 0.5) is 10.1 Å². The van der Waals surface area contributed by atoms with Gasteiger partial charge in [0.1, 0.15) is 5.82 Å². The van der Waals surface area contributed by atoms with E-state index in [1.807, 2.05) is 16.5 Å². The smallest absolute Gasteiger partial charge is 0.141 e. The molecule has 0 radical (unpaired) electrons. The summed E-state index contributed by atoms with van der Waals surface area (Å²) >= 11 is 7.36. The number of anilines is 1. The summed E-state index contributed by atoms with van der Waals surface area (Å²) in [6.45, 7) is 0. The molecular formula is C9H7ClFNS. The Balaban J connectivity index is 2.30. The average Bonchev–Trinajstić information content (AvgIpc) is 2.62. The third-order valence-electron chi connectivity index (χ3n) is 1.79. The highest BCUT2D eigenvalue weighted by Crippen LogP contribution is 2.27. The van der Waals surface area contributed by atoms with Crippen LogP contribution in [-0.4, -0.2) is 5.88 Å². The minimum absolute atomic E-state index is 0.169. The molecule has 0 unspecified atom stereocenters. The standard InChI is InChI=1S/C9H7ClFNS/c10-8-5-7(1-2-9(8)11)12-3-4-13-6-12/h1-5H,6H2. The molecule has 0 N–H and O–H groups in total. The van der Waals surface area contributed by atoms with Gasteiger partial charge in [-0.2, -0.15) is 0 Å². The lowest BCUT2D eigenvalue weighted by atomic mass is 10.3. The van der Waals surface area contributed by atoms with E-state index in [0.717, 1.165) is 11.6 Å². The minimum atomic E-state index is -0.374. The van der Waals surface area contributed by atoms with Gasteiger partial charge in [-0.05, 0) is 23.6 Å². The van der Waals surface area contributed by atoms with Crippen LogP contribution in [0.15, 0.2) is 29.8 Å². The van der Waals surface area contributed by atoms with Gasteiger partial charge in [-0.1, -0.05) is 11.6 Å². The van der Waals surface area contributed by atoms with Crippen LogP contribution in [0.2, 0.25) is 5.02 Å². The summed E-state index contributed by atoms with van der Waals surface area (Å²) in [4.78, 5) is 2.01. The first kappa shape index (κ1) is 8.91. The molecule has 0 fully saturated rings. The molecule has 1 aliphatic rings. The molecule has 0 aliphatic carbocycles. The molecule has 1 aromatic rings. The van der Waals surface area contributed by atoms with Crippen molar-refractivity contribution in [1.29, 1.82) is 0 Å². The second-order valence-electron chi connectivity index (χ2n) is 2.65. The van der Waals surface area contributed by atoms with E-state index < -0.39 is 0 Å². The highest BCUT2D eigenvalue weighted by molar-refractivity contribution is 8.02. The molecule has 2 rings (SSSR count). The van der Waals surface area contributed by atoms with E-state index in [-0.39, 0.29) is 10.8 Å². The van der Waals surface area contributed by atoms with Gasteiger partial charge in [0.05, 0.1) is 10.9 Å². The fraction of sp³-hybridized carbons (Fsp3) is 0.111. The van der Waals surface area contributed by atoms with Gasteiger partial charge >= 0.3 is 0 Å². The molecule has 0 amide bonds. The predicted molar refractivity (Wildman–Crippen MR) is 55.5 cm³/mol.